The molecule has 1 N–H and O–H groups in total. The largest absolute Gasteiger partial charge is 0.389 e. The zero-order chi connectivity index (χ0) is 17.6. The van der Waals surface area contributed by atoms with E-state index >= 15 is 0 Å². The van der Waals surface area contributed by atoms with Crippen LogP contribution < -0.4 is 0 Å². The fourth-order valence-corrected chi connectivity index (χ4v) is 3.61. The standard InChI is InChI=1S/C19H27F2NO3.ClH/c20-17-7-6-14(10-18(17)21)19-12-22(8-9-24-19)11-15(23)13-25-16-4-2-1-3-5-16;/h6-7,10,15-16,19,23H,1-5,8-9,11-13H2;1H. The molecule has 2 fully saturated rings. The summed E-state index contributed by atoms with van der Waals surface area (Å²) in [5, 5.41) is 10.3. The zero-order valence-corrected chi connectivity index (χ0v) is 15.7. The molecule has 7 heteroatoms. The third-order valence-electron chi connectivity index (χ3n) is 5.01. The monoisotopic (exact) mass is 391 g/mol. The number of rotatable bonds is 6. The lowest BCUT2D eigenvalue weighted by molar-refractivity contribution is -0.0646. The maximum Gasteiger partial charge on any atom is 0.159 e. The van der Waals surface area contributed by atoms with E-state index in [0.717, 1.165) is 18.9 Å². The van der Waals surface area contributed by atoms with Crippen LogP contribution in [0.3, 0.4) is 0 Å². The van der Waals surface area contributed by atoms with Crippen LogP contribution >= 0.6 is 12.4 Å². The Balaban J connectivity index is 0.00000243. The molecule has 148 valence electrons. The van der Waals surface area contributed by atoms with E-state index in [-0.39, 0.29) is 24.6 Å². The number of hydrogen-bond acceptors (Lipinski definition) is 4. The van der Waals surface area contributed by atoms with Gasteiger partial charge in [0.1, 0.15) is 0 Å². The highest BCUT2D eigenvalue weighted by Gasteiger charge is 2.25. The fourth-order valence-electron chi connectivity index (χ4n) is 3.61. The van der Waals surface area contributed by atoms with Gasteiger partial charge < -0.3 is 14.6 Å². The van der Waals surface area contributed by atoms with Crippen LogP contribution in [-0.2, 0) is 9.47 Å². The SMILES string of the molecule is Cl.OC(COC1CCCCC1)CN1CCOC(c2ccc(F)c(F)c2)C1. The molecule has 1 saturated heterocycles. The Kier molecular flexibility index (Phi) is 8.70. The molecule has 0 spiro atoms. The number of aliphatic hydroxyl groups is 1. The Labute approximate surface area is 159 Å². The molecule has 1 aliphatic heterocycles. The van der Waals surface area contributed by atoms with E-state index in [1.54, 1.807) is 6.07 Å². The van der Waals surface area contributed by atoms with Crippen LogP contribution in [0.5, 0.6) is 0 Å². The Morgan fingerprint density at radius 3 is 2.69 bits per heavy atom. The minimum absolute atomic E-state index is 0. The molecule has 1 aromatic rings. The third kappa shape index (κ3) is 6.13. The Bertz CT molecular complexity index is 558. The number of nitrogens with zero attached hydrogens (tertiary/aromatic N) is 1. The molecule has 1 saturated carbocycles. The molecular weight excluding hydrogens is 364 g/mol. The molecule has 1 aliphatic carbocycles. The van der Waals surface area contributed by atoms with Crippen LogP contribution in [0.4, 0.5) is 8.78 Å². The van der Waals surface area contributed by atoms with Crippen molar-refractivity contribution >= 4 is 12.4 Å². The lowest BCUT2D eigenvalue weighted by Gasteiger charge is -2.34. The van der Waals surface area contributed by atoms with Crippen molar-refractivity contribution in [1.82, 2.24) is 4.90 Å². The van der Waals surface area contributed by atoms with E-state index in [2.05, 4.69) is 4.90 Å². The minimum Gasteiger partial charge on any atom is -0.389 e. The molecule has 2 aliphatic rings. The topological polar surface area (TPSA) is 41.9 Å². The lowest BCUT2D eigenvalue weighted by Crippen LogP contribution is -2.43. The normalized spacial score (nSPS) is 23.4. The smallest absolute Gasteiger partial charge is 0.159 e. The molecule has 1 aromatic carbocycles. The second kappa shape index (κ2) is 10.5. The van der Waals surface area contributed by atoms with Crippen LogP contribution in [0, 0.1) is 11.6 Å². The predicted molar refractivity (Wildman–Crippen MR) is 97.6 cm³/mol. The molecule has 0 aromatic heterocycles. The van der Waals surface area contributed by atoms with E-state index < -0.39 is 17.7 Å². The second-order valence-electron chi connectivity index (χ2n) is 7.04. The molecule has 3 rings (SSSR count). The average Bonchev–Trinajstić information content (AvgIpc) is 2.63. The summed E-state index contributed by atoms with van der Waals surface area (Å²) < 4.78 is 38.0. The molecule has 2 atom stereocenters. The number of aliphatic hydroxyl groups excluding tert-OH is 1. The van der Waals surface area contributed by atoms with Crippen molar-refractivity contribution in [1.29, 1.82) is 0 Å². The summed E-state index contributed by atoms with van der Waals surface area (Å²) in [6.07, 6.45) is 5.29. The molecular formula is C19H28ClF2NO3. The van der Waals surface area contributed by atoms with Crippen molar-refractivity contribution in [2.24, 2.45) is 0 Å². The van der Waals surface area contributed by atoms with Crippen LogP contribution in [0.15, 0.2) is 18.2 Å². The van der Waals surface area contributed by atoms with Crippen LogP contribution in [0.1, 0.15) is 43.8 Å². The molecule has 26 heavy (non-hydrogen) atoms. The van der Waals surface area contributed by atoms with Crippen molar-refractivity contribution in [2.45, 2.75) is 50.4 Å². The number of halogens is 3. The highest BCUT2D eigenvalue weighted by atomic mass is 35.5. The quantitative estimate of drug-likeness (QED) is 0.806. The van der Waals surface area contributed by atoms with E-state index in [0.29, 0.717) is 38.4 Å². The summed E-state index contributed by atoms with van der Waals surface area (Å²) >= 11 is 0. The average molecular weight is 392 g/mol. The second-order valence-corrected chi connectivity index (χ2v) is 7.04. The first kappa shape index (κ1) is 21.5. The number of hydrogen-bond donors (Lipinski definition) is 1. The molecule has 0 radical (unpaired) electrons. The van der Waals surface area contributed by atoms with Gasteiger partial charge in [0.15, 0.2) is 11.6 Å². The van der Waals surface area contributed by atoms with Crippen molar-refractivity contribution in [2.75, 3.05) is 32.8 Å². The molecule has 2 unspecified atom stereocenters. The molecule has 1 heterocycles. The molecule has 0 bridgehead atoms. The molecule has 4 nitrogen and oxygen atoms in total. The van der Waals surface area contributed by atoms with Crippen molar-refractivity contribution in [3.8, 4) is 0 Å². The number of ether oxygens (including phenoxy) is 2. The first-order chi connectivity index (χ1) is 12.1. The van der Waals surface area contributed by atoms with Crippen LogP contribution in [0.25, 0.3) is 0 Å². The first-order valence-electron chi connectivity index (χ1n) is 9.20. The summed E-state index contributed by atoms with van der Waals surface area (Å²) in [7, 11) is 0. The van der Waals surface area contributed by atoms with Gasteiger partial charge in [0, 0.05) is 19.6 Å². The van der Waals surface area contributed by atoms with Gasteiger partial charge in [0.25, 0.3) is 0 Å². The Morgan fingerprint density at radius 2 is 1.96 bits per heavy atom. The van der Waals surface area contributed by atoms with E-state index in [4.69, 9.17) is 9.47 Å². The van der Waals surface area contributed by atoms with Gasteiger partial charge in [-0.25, -0.2) is 8.78 Å². The van der Waals surface area contributed by atoms with E-state index in [1.165, 1.54) is 25.3 Å². The Hall–Kier alpha value is -0.790. The third-order valence-corrected chi connectivity index (χ3v) is 5.01. The van der Waals surface area contributed by atoms with E-state index in [9.17, 15) is 13.9 Å². The van der Waals surface area contributed by atoms with Gasteiger partial charge in [-0.05, 0) is 30.5 Å². The summed E-state index contributed by atoms with van der Waals surface area (Å²) in [6, 6.07) is 3.86. The van der Waals surface area contributed by atoms with E-state index in [1.807, 2.05) is 0 Å². The highest BCUT2D eigenvalue weighted by Crippen LogP contribution is 2.24. The lowest BCUT2D eigenvalue weighted by atomic mass is 9.98. The van der Waals surface area contributed by atoms with Crippen molar-refractivity contribution < 1.29 is 23.4 Å². The van der Waals surface area contributed by atoms with Gasteiger partial charge in [-0.15, -0.1) is 12.4 Å². The van der Waals surface area contributed by atoms with Crippen LogP contribution in [-0.4, -0.2) is 55.1 Å². The van der Waals surface area contributed by atoms with Gasteiger partial charge in [-0.1, -0.05) is 25.3 Å². The number of morpholine rings is 1. The van der Waals surface area contributed by atoms with Crippen LogP contribution in [0.2, 0.25) is 0 Å². The molecule has 0 amide bonds. The Morgan fingerprint density at radius 1 is 1.19 bits per heavy atom. The van der Waals surface area contributed by atoms with Gasteiger partial charge in [-0.2, -0.15) is 0 Å². The summed E-state index contributed by atoms with van der Waals surface area (Å²) in [4.78, 5) is 2.09. The first-order valence-corrected chi connectivity index (χ1v) is 9.20. The zero-order valence-electron chi connectivity index (χ0n) is 14.9. The summed E-state index contributed by atoms with van der Waals surface area (Å²) in [5.74, 6) is -1.72. The number of benzene rings is 1. The van der Waals surface area contributed by atoms with Gasteiger partial charge >= 0.3 is 0 Å². The highest BCUT2D eigenvalue weighted by molar-refractivity contribution is 5.85. The van der Waals surface area contributed by atoms with Crippen molar-refractivity contribution in [3.63, 3.8) is 0 Å². The minimum atomic E-state index is -0.862. The maximum atomic E-state index is 13.4. The van der Waals surface area contributed by atoms with Gasteiger partial charge in [0.05, 0.1) is 31.5 Å². The summed E-state index contributed by atoms with van der Waals surface area (Å²) in [5.41, 5.74) is 0.622. The maximum absolute atomic E-state index is 13.4. The predicted octanol–water partition coefficient (Wildman–Crippen LogP) is 3.47. The van der Waals surface area contributed by atoms with Gasteiger partial charge in [-0.3, -0.25) is 4.90 Å². The summed E-state index contributed by atoms with van der Waals surface area (Å²) in [6.45, 7) is 2.60. The fraction of sp³-hybridized carbons (Fsp3) is 0.684. The van der Waals surface area contributed by atoms with Gasteiger partial charge in [0.2, 0.25) is 0 Å². The van der Waals surface area contributed by atoms with Crippen molar-refractivity contribution in [3.05, 3.63) is 35.4 Å². The number of β-amino-alcohol motifs (C(OH)–C–C–N with tert-alkyl or cyclic N) is 1.